The van der Waals surface area contributed by atoms with Crippen LogP contribution in [0.5, 0.6) is 0 Å². The molecule has 0 fully saturated rings. The van der Waals surface area contributed by atoms with Crippen LogP contribution in [-0.2, 0) is 11.3 Å². The van der Waals surface area contributed by atoms with Gasteiger partial charge in [0.2, 0.25) is 0 Å². The molecule has 1 aliphatic carbocycles. The van der Waals surface area contributed by atoms with Crippen LogP contribution < -0.4 is 4.90 Å². The van der Waals surface area contributed by atoms with E-state index in [0.29, 0.717) is 11.4 Å². The van der Waals surface area contributed by atoms with E-state index >= 15 is 0 Å². The first kappa shape index (κ1) is 18.5. The zero-order valence-corrected chi connectivity index (χ0v) is 15.7. The first-order valence-electron chi connectivity index (χ1n) is 9.13. The molecule has 0 radical (unpaired) electrons. The summed E-state index contributed by atoms with van der Waals surface area (Å²) in [7, 11) is 0. The highest BCUT2D eigenvalue weighted by Gasteiger charge is 2.47. The maximum atomic E-state index is 13.3. The van der Waals surface area contributed by atoms with E-state index in [1.54, 1.807) is 53.1 Å². The minimum absolute atomic E-state index is 0.0128. The minimum Gasteiger partial charge on any atom is -0.258 e. The first-order valence-corrected chi connectivity index (χ1v) is 9.13. The molecule has 0 bridgehead atoms. The van der Waals surface area contributed by atoms with E-state index in [0.717, 1.165) is 11.1 Å². The highest BCUT2D eigenvalue weighted by Crippen LogP contribution is 2.26. The quantitative estimate of drug-likeness (QED) is 0.453. The summed E-state index contributed by atoms with van der Waals surface area (Å²) in [5.74, 6) is -0.855. The van der Waals surface area contributed by atoms with Crippen LogP contribution in [0.2, 0.25) is 0 Å². The summed E-state index contributed by atoms with van der Waals surface area (Å²) in [6.45, 7) is 2.14. The lowest BCUT2D eigenvalue weighted by molar-refractivity contribution is -0.445. The van der Waals surface area contributed by atoms with E-state index in [2.05, 4.69) is 0 Å². The Morgan fingerprint density at radius 2 is 1.72 bits per heavy atom. The van der Waals surface area contributed by atoms with Gasteiger partial charge in [-0.3, -0.25) is 10.1 Å². The summed E-state index contributed by atoms with van der Waals surface area (Å²) in [6.07, 6.45) is 7.11. The van der Waals surface area contributed by atoms with Gasteiger partial charge in [0.05, 0.1) is 4.92 Å². The Balaban J connectivity index is 1.75. The Labute approximate surface area is 167 Å². The number of hydrogen-bond acceptors (Lipinski definition) is 4. The van der Waals surface area contributed by atoms with E-state index < -0.39 is 16.9 Å². The van der Waals surface area contributed by atoms with Crippen LogP contribution in [0.25, 0.3) is 0 Å². The molecule has 7 heteroatoms. The number of nitro groups is 1. The number of nitro benzene ring substituents is 1. The molecule has 3 amide bonds. The highest BCUT2D eigenvalue weighted by atomic mass is 16.6. The summed E-state index contributed by atoms with van der Waals surface area (Å²) < 4.78 is 1.55. The minimum atomic E-state index is -0.558. The van der Waals surface area contributed by atoms with Crippen molar-refractivity contribution >= 4 is 29.0 Å². The van der Waals surface area contributed by atoms with Gasteiger partial charge in [-0.25, -0.2) is 4.79 Å². The van der Waals surface area contributed by atoms with Gasteiger partial charge in [-0.15, -0.1) is 4.90 Å². The molecule has 0 N–H and O–H groups in total. The number of rotatable bonds is 4. The Morgan fingerprint density at radius 1 is 1.03 bits per heavy atom. The van der Waals surface area contributed by atoms with E-state index in [4.69, 9.17) is 0 Å². The SMILES string of the molecule is Cc1ccc(N2C(=O)C3C=CC=CC3=[N+](Cc3ccc([N+](=O)[O-])cc3)C2=O)cc1. The van der Waals surface area contributed by atoms with Crippen molar-refractivity contribution in [1.29, 1.82) is 0 Å². The summed E-state index contributed by atoms with van der Waals surface area (Å²) in [4.78, 5) is 38.0. The molecule has 144 valence electrons. The topological polar surface area (TPSA) is 83.5 Å². The average Bonchev–Trinajstić information content (AvgIpc) is 2.73. The number of hydrogen-bond donors (Lipinski definition) is 0. The number of anilines is 1. The summed E-state index contributed by atoms with van der Waals surface area (Å²) in [5.41, 5.74) is 2.87. The van der Waals surface area contributed by atoms with Gasteiger partial charge in [-0.05, 0) is 42.8 Å². The number of imide groups is 1. The molecule has 2 aromatic carbocycles. The Kier molecular flexibility index (Phi) is 4.64. The molecule has 0 aromatic heterocycles. The van der Waals surface area contributed by atoms with Crippen LogP contribution in [0.1, 0.15) is 11.1 Å². The summed E-state index contributed by atoms with van der Waals surface area (Å²) in [5, 5.41) is 10.9. The van der Waals surface area contributed by atoms with Gasteiger partial charge < -0.3 is 0 Å². The first-order chi connectivity index (χ1) is 14.0. The second-order valence-electron chi connectivity index (χ2n) is 6.95. The maximum absolute atomic E-state index is 13.3. The molecule has 0 spiro atoms. The van der Waals surface area contributed by atoms with Crippen molar-refractivity contribution in [2.24, 2.45) is 5.92 Å². The van der Waals surface area contributed by atoms with Gasteiger partial charge in [-0.2, -0.15) is 9.37 Å². The standard InChI is InChI=1S/C22H18N3O4/c1-15-6-10-17(11-7-15)24-21(26)19-4-2-3-5-20(19)23(22(24)27)14-16-8-12-18(13-9-16)25(28)29/h2-13,19H,14H2,1H3/q+1. The van der Waals surface area contributed by atoms with E-state index in [1.165, 1.54) is 17.0 Å². The predicted octanol–water partition coefficient (Wildman–Crippen LogP) is 3.77. The van der Waals surface area contributed by atoms with Gasteiger partial charge in [-0.1, -0.05) is 35.9 Å². The van der Waals surface area contributed by atoms with Crippen molar-refractivity contribution in [2.45, 2.75) is 13.5 Å². The Hall–Kier alpha value is -3.87. The number of benzene rings is 2. The van der Waals surface area contributed by atoms with Crippen molar-refractivity contribution in [2.75, 3.05) is 4.90 Å². The molecule has 7 nitrogen and oxygen atoms in total. The van der Waals surface area contributed by atoms with Gasteiger partial charge >= 0.3 is 11.9 Å². The number of urea groups is 1. The Bertz CT molecular complexity index is 1100. The van der Waals surface area contributed by atoms with Crippen molar-refractivity contribution in [3.05, 3.63) is 94.1 Å². The van der Waals surface area contributed by atoms with Crippen LogP contribution in [0.4, 0.5) is 16.2 Å². The van der Waals surface area contributed by atoms with Crippen molar-refractivity contribution in [1.82, 2.24) is 0 Å². The fourth-order valence-corrected chi connectivity index (χ4v) is 3.46. The molecule has 4 rings (SSSR count). The van der Waals surface area contributed by atoms with Crippen molar-refractivity contribution in [3.63, 3.8) is 0 Å². The normalized spacial score (nSPS) is 18.2. The number of aryl methyl sites for hydroxylation is 1. The highest BCUT2D eigenvalue weighted by molar-refractivity contribution is 6.25. The summed E-state index contributed by atoms with van der Waals surface area (Å²) in [6, 6.07) is 12.8. The monoisotopic (exact) mass is 388 g/mol. The number of carbonyl (C=O) groups is 2. The van der Waals surface area contributed by atoms with Crippen molar-refractivity contribution in [3.8, 4) is 0 Å². The third-order valence-corrected chi connectivity index (χ3v) is 5.00. The zero-order valence-electron chi connectivity index (χ0n) is 15.7. The zero-order chi connectivity index (χ0) is 20.5. The van der Waals surface area contributed by atoms with Crippen LogP contribution >= 0.6 is 0 Å². The summed E-state index contributed by atoms with van der Waals surface area (Å²) >= 11 is 0. The molecule has 0 saturated carbocycles. The molecular formula is C22H18N3O4+. The number of nitrogens with zero attached hydrogens (tertiary/aromatic N) is 3. The molecule has 1 aliphatic heterocycles. The number of carbonyl (C=O) groups excluding carboxylic acids is 2. The third-order valence-electron chi connectivity index (χ3n) is 5.00. The molecule has 1 heterocycles. The van der Waals surface area contributed by atoms with Gasteiger partial charge in [0, 0.05) is 12.1 Å². The predicted molar refractivity (Wildman–Crippen MR) is 108 cm³/mol. The van der Waals surface area contributed by atoms with Crippen LogP contribution in [0, 0.1) is 23.0 Å². The smallest absolute Gasteiger partial charge is 0.258 e. The lowest BCUT2D eigenvalue weighted by Gasteiger charge is -2.26. The fraction of sp³-hybridized carbons (Fsp3) is 0.136. The molecular weight excluding hydrogens is 370 g/mol. The molecule has 2 aliphatic rings. The second kappa shape index (κ2) is 7.27. The van der Waals surface area contributed by atoms with E-state index in [-0.39, 0.29) is 18.1 Å². The van der Waals surface area contributed by atoms with Crippen LogP contribution in [-0.4, -0.2) is 27.1 Å². The largest absolute Gasteiger partial charge is 0.506 e. The fourth-order valence-electron chi connectivity index (χ4n) is 3.46. The molecule has 29 heavy (non-hydrogen) atoms. The molecule has 1 atom stereocenters. The van der Waals surface area contributed by atoms with Gasteiger partial charge in [0.15, 0.2) is 0 Å². The van der Waals surface area contributed by atoms with Crippen LogP contribution in [0.15, 0.2) is 72.8 Å². The molecule has 0 saturated heterocycles. The second-order valence-corrected chi connectivity index (χ2v) is 6.95. The number of non-ortho nitro benzene ring substituents is 1. The molecule has 1 unspecified atom stereocenters. The van der Waals surface area contributed by atoms with Gasteiger partial charge in [0.1, 0.15) is 23.9 Å². The van der Waals surface area contributed by atoms with Gasteiger partial charge in [0.25, 0.3) is 5.69 Å². The lowest BCUT2D eigenvalue weighted by atomic mass is 9.94. The number of fused-ring (bicyclic) bond motifs is 1. The Morgan fingerprint density at radius 3 is 2.38 bits per heavy atom. The lowest BCUT2D eigenvalue weighted by Crippen LogP contribution is -2.54. The van der Waals surface area contributed by atoms with Crippen molar-refractivity contribution < 1.29 is 19.1 Å². The maximum Gasteiger partial charge on any atom is 0.506 e. The molecule has 2 aromatic rings. The van der Waals surface area contributed by atoms with E-state index in [1.807, 2.05) is 19.1 Å². The number of amides is 3. The third kappa shape index (κ3) is 3.38. The average molecular weight is 388 g/mol. The van der Waals surface area contributed by atoms with Crippen LogP contribution in [0.3, 0.4) is 0 Å². The van der Waals surface area contributed by atoms with E-state index in [9.17, 15) is 19.7 Å². The number of allylic oxidation sites excluding steroid dienone is 3.